The molecule has 1 aromatic carbocycles. The van der Waals surface area contributed by atoms with Crippen molar-refractivity contribution in [3.05, 3.63) is 51.0 Å². The van der Waals surface area contributed by atoms with Gasteiger partial charge in [0.25, 0.3) is 0 Å². The molecule has 0 radical (unpaired) electrons. The first-order valence-electron chi connectivity index (χ1n) is 7.72. The number of nitriles is 1. The second kappa shape index (κ2) is 6.93. The van der Waals surface area contributed by atoms with Gasteiger partial charge in [-0.25, -0.2) is 9.78 Å². The minimum absolute atomic E-state index is 0.424. The highest BCUT2D eigenvalue weighted by Crippen LogP contribution is 2.24. The minimum atomic E-state index is -0.989. The molecule has 1 aromatic heterocycles. The Balaban J connectivity index is 1.63. The summed E-state index contributed by atoms with van der Waals surface area (Å²) in [7, 11) is 0. The van der Waals surface area contributed by atoms with Crippen LogP contribution in [0.5, 0.6) is 0 Å². The smallest absolute Gasteiger partial charge is 0.338 e. The van der Waals surface area contributed by atoms with E-state index in [0.29, 0.717) is 10.6 Å². The van der Waals surface area contributed by atoms with Gasteiger partial charge >= 0.3 is 5.97 Å². The molecule has 0 unspecified atom stereocenters. The van der Waals surface area contributed by atoms with Crippen LogP contribution >= 0.6 is 11.3 Å². The molecule has 1 heterocycles. The van der Waals surface area contributed by atoms with E-state index in [1.165, 1.54) is 22.5 Å². The second-order valence-corrected chi connectivity index (χ2v) is 6.66. The molecule has 0 fully saturated rings. The Kier molecular flexibility index (Phi) is 4.72. The highest BCUT2D eigenvalue weighted by Gasteiger charge is 2.25. The molecule has 5 nitrogen and oxygen atoms in total. The topological polar surface area (TPSA) is 80.0 Å². The molecule has 0 bridgehead atoms. The number of rotatable bonds is 5. The summed E-state index contributed by atoms with van der Waals surface area (Å²) in [6, 6.07) is 7.44. The molecular formula is C18H16N2O3S. The number of hydrogen-bond acceptors (Lipinski definition) is 6. The van der Waals surface area contributed by atoms with E-state index < -0.39 is 24.3 Å². The van der Waals surface area contributed by atoms with Crippen LogP contribution < -0.4 is 0 Å². The number of carbonyl (C=O) groups is 2. The van der Waals surface area contributed by atoms with Crippen LogP contribution in [0.3, 0.4) is 0 Å². The average molecular weight is 340 g/mol. The zero-order chi connectivity index (χ0) is 17.1. The molecule has 1 atom stereocenters. The van der Waals surface area contributed by atoms with E-state index >= 15 is 0 Å². The Morgan fingerprint density at radius 3 is 2.88 bits per heavy atom. The highest BCUT2D eigenvalue weighted by molar-refractivity contribution is 7.09. The number of Topliss-reactive ketones (excluding diaryl/α,β-unsaturated/α-hetero) is 1. The number of esters is 1. The third-order valence-electron chi connectivity index (χ3n) is 4.01. The Morgan fingerprint density at radius 2 is 2.17 bits per heavy atom. The summed E-state index contributed by atoms with van der Waals surface area (Å²) < 4.78 is 5.10. The van der Waals surface area contributed by atoms with E-state index in [9.17, 15) is 14.9 Å². The molecule has 3 rings (SSSR count). The van der Waals surface area contributed by atoms with E-state index in [2.05, 4.69) is 4.98 Å². The molecule has 0 N–H and O–H groups in total. The van der Waals surface area contributed by atoms with Gasteiger partial charge in [0.2, 0.25) is 0 Å². The average Bonchev–Trinajstić information content (AvgIpc) is 3.21. The molecule has 0 aliphatic heterocycles. The lowest BCUT2D eigenvalue weighted by Gasteiger charge is -2.08. The van der Waals surface area contributed by atoms with Crippen molar-refractivity contribution in [3.8, 4) is 6.07 Å². The molecular weight excluding hydrogens is 324 g/mol. The zero-order valence-electron chi connectivity index (χ0n) is 13.2. The molecule has 0 saturated carbocycles. The second-order valence-electron chi connectivity index (χ2n) is 5.77. The summed E-state index contributed by atoms with van der Waals surface area (Å²) in [6.45, 7) is 1.37. The van der Waals surface area contributed by atoms with E-state index in [1.807, 2.05) is 18.2 Å². The van der Waals surface area contributed by atoms with Gasteiger partial charge in [-0.15, -0.1) is 11.3 Å². The van der Waals surface area contributed by atoms with Crippen molar-refractivity contribution in [2.24, 2.45) is 0 Å². The first kappa shape index (κ1) is 16.3. The van der Waals surface area contributed by atoms with Gasteiger partial charge in [0.05, 0.1) is 11.6 Å². The first-order chi connectivity index (χ1) is 11.6. The van der Waals surface area contributed by atoms with Crippen LogP contribution in [0.15, 0.2) is 23.6 Å². The van der Waals surface area contributed by atoms with Crippen LogP contribution in [0.4, 0.5) is 0 Å². The summed E-state index contributed by atoms with van der Waals surface area (Å²) in [6.07, 6.45) is 3.11. The fourth-order valence-corrected chi connectivity index (χ4v) is 3.63. The van der Waals surface area contributed by atoms with Crippen molar-refractivity contribution >= 4 is 23.1 Å². The van der Waals surface area contributed by atoms with Crippen molar-refractivity contribution in [1.29, 1.82) is 5.26 Å². The van der Waals surface area contributed by atoms with Gasteiger partial charge in [0.1, 0.15) is 5.01 Å². The quantitative estimate of drug-likeness (QED) is 0.782. The van der Waals surface area contributed by atoms with Crippen LogP contribution in [0.25, 0.3) is 0 Å². The summed E-state index contributed by atoms with van der Waals surface area (Å²) >= 11 is 1.26. The summed E-state index contributed by atoms with van der Waals surface area (Å²) in [5.74, 6) is -1.98. The largest absolute Gasteiger partial charge is 0.454 e. The maximum Gasteiger partial charge on any atom is 0.338 e. The lowest BCUT2D eigenvalue weighted by atomic mass is 10.1. The third-order valence-corrected chi connectivity index (χ3v) is 5.04. The van der Waals surface area contributed by atoms with Crippen LogP contribution in [0, 0.1) is 18.3 Å². The van der Waals surface area contributed by atoms with E-state index in [1.54, 1.807) is 18.4 Å². The number of thiazole rings is 1. The van der Waals surface area contributed by atoms with Crippen LogP contribution in [0.1, 0.15) is 44.5 Å². The van der Waals surface area contributed by atoms with Gasteiger partial charge in [-0.3, -0.25) is 4.79 Å². The van der Waals surface area contributed by atoms with Gasteiger partial charge in [-0.05, 0) is 49.4 Å². The molecule has 2 aromatic rings. The van der Waals surface area contributed by atoms with Gasteiger partial charge in [0.15, 0.2) is 18.3 Å². The molecule has 24 heavy (non-hydrogen) atoms. The zero-order valence-corrected chi connectivity index (χ0v) is 14.1. The van der Waals surface area contributed by atoms with E-state index in [4.69, 9.17) is 4.74 Å². The Bertz CT molecular complexity index is 835. The van der Waals surface area contributed by atoms with Crippen molar-refractivity contribution in [2.45, 2.75) is 32.1 Å². The molecule has 0 saturated heterocycles. The summed E-state index contributed by atoms with van der Waals surface area (Å²) in [5, 5.41) is 11.4. The van der Waals surface area contributed by atoms with Gasteiger partial charge in [-0.1, -0.05) is 6.07 Å². The van der Waals surface area contributed by atoms with E-state index in [0.717, 1.165) is 25.0 Å². The van der Waals surface area contributed by atoms with Crippen LogP contribution in [-0.4, -0.2) is 23.3 Å². The summed E-state index contributed by atoms with van der Waals surface area (Å²) in [5.41, 5.74) is 3.65. The van der Waals surface area contributed by atoms with Gasteiger partial charge < -0.3 is 4.74 Å². The fourth-order valence-electron chi connectivity index (χ4n) is 2.77. The van der Waals surface area contributed by atoms with Crippen molar-refractivity contribution in [2.75, 3.05) is 6.61 Å². The fraction of sp³-hybridized carbons (Fsp3) is 0.333. The Morgan fingerprint density at radius 1 is 1.38 bits per heavy atom. The minimum Gasteiger partial charge on any atom is -0.454 e. The number of ether oxygens (including phenoxy) is 1. The van der Waals surface area contributed by atoms with Crippen LogP contribution in [-0.2, 0) is 22.4 Å². The predicted molar refractivity (Wildman–Crippen MR) is 89.0 cm³/mol. The molecule has 1 aliphatic rings. The molecule has 1 aliphatic carbocycles. The normalized spacial score (nSPS) is 13.8. The lowest BCUT2D eigenvalue weighted by molar-refractivity contribution is -0.122. The number of aromatic nitrogens is 1. The number of fused-ring (bicyclic) bond motifs is 1. The molecule has 6 heteroatoms. The number of nitrogens with zero attached hydrogens (tertiary/aromatic N) is 2. The summed E-state index contributed by atoms with van der Waals surface area (Å²) in [4.78, 5) is 28.5. The van der Waals surface area contributed by atoms with E-state index in [-0.39, 0.29) is 0 Å². The number of benzene rings is 1. The maximum absolute atomic E-state index is 12.2. The monoisotopic (exact) mass is 340 g/mol. The first-order valence-corrected chi connectivity index (χ1v) is 8.59. The maximum atomic E-state index is 12.2. The van der Waals surface area contributed by atoms with Crippen molar-refractivity contribution in [3.63, 3.8) is 0 Å². The number of ketones is 1. The highest BCUT2D eigenvalue weighted by atomic mass is 32.1. The SMILES string of the molecule is Cc1csc([C@H](C#N)C(=O)COC(=O)c2ccc3c(c2)CCC3)n1. The number of carbonyl (C=O) groups excluding carboxylic acids is 2. The molecule has 122 valence electrons. The molecule has 0 spiro atoms. The van der Waals surface area contributed by atoms with Gasteiger partial charge in [-0.2, -0.15) is 5.26 Å². The number of hydrogen-bond donors (Lipinski definition) is 0. The molecule has 0 amide bonds. The van der Waals surface area contributed by atoms with Crippen molar-refractivity contribution < 1.29 is 14.3 Å². The Hall–Kier alpha value is -2.52. The lowest BCUT2D eigenvalue weighted by Crippen LogP contribution is -2.20. The predicted octanol–water partition coefficient (Wildman–Crippen LogP) is 2.97. The third kappa shape index (κ3) is 3.36. The number of aryl methyl sites for hydroxylation is 3. The standard InChI is InChI=1S/C18H16N2O3S/c1-11-10-24-17(20-11)15(8-19)16(21)9-23-18(22)14-6-5-12-3-2-4-13(12)7-14/h5-7,10,15H,2-4,9H2,1H3/t15-/m1/s1. The van der Waals surface area contributed by atoms with Gasteiger partial charge in [0, 0.05) is 11.1 Å². The Labute approximate surface area is 143 Å². The van der Waals surface area contributed by atoms with Crippen LogP contribution in [0.2, 0.25) is 0 Å². The van der Waals surface area contributed by atoms with Crippen molar-refractivity contribution in [1.82, 2.24) is 4.98 Å².